The maximum absolute atomic E-state index is 12.8. The predicted molar refractivity (Wildman–Crippen MR) is 126 cm³/mol. The van der Waals surface area contributed by atoms with Crippen molar-refractivity contribution in [3.05, 3.63) is 59.7 Å². The van der Waals surface area contributed by atoms with Gasteiger partial charge in [-0.1, -0.05) is 37.6 Å². The number of Topliss-reactive ketones (excluding diaryl/α,β-unsaturated/α-hetero) is 1. The third kappa shape index (κ3) is 8.33. The average molecular weight is 432 g/mol. The molecular formula is C26H38FNO3. The van der Waals surface area contributed by atoms with Gasteiger partial charge in [-0.3, -0.25) is 9.69 Å². The second-order valence-electron chi connectivity index (χ2n) is 8.23. The predicted octanol–water partition coefficient (Wildman–Crippen LogP) is 6.39. The van der Waals surface area contributed by atoms with Gasteiger partial charge in [-0.25, -0.2) is 4.39 Å². The van der Waals surface area contributed by atoms with Crippen LogP contribution in [0.1, 0.15) is 65.1 Å². The van der Waals surface area contributed by atoms with Crippen LogP contribution in [0.4, 0.5) is 4.39 Å². The smallest absolute Gasteiger partial charge is 0.235 e. The van der Waals surface area contributed by atoms with Gasteiger partial charge in [-0.05, 0) is 76.6 Å². The fraction of sp³-hybridized carbons (Fsp3) is 0.500. The maximum atomic E-state index is 12.8. The van der Waals surface area contributed by atoms with Gasteiger partial charge in [0, 0.05) is 13.0 Å². The molecule has 0 aromatic heterocycles. The summed E-state index contributed by atoms with van der Waals surface area (Å²) in [6, 6.07) is 15.6. The van der Waals surface area contributed by atoms with E-state index in [-0.39, 0.29) is 11.8 Å². The van der Waals surface area contributed by atoms with E-state index in [2.05, 4.69) is 19.1 Å². The number of rotatable bonds is 9. The molecule has 0 N–H and O–H groups in total. The fourth-order valence-corrected chi connectivity index (χ4v) is 3.05. The summed E-state index contributed by atoms with van der Waals surface area (Å²) in [5, 5.41) is 0. The van der Waals surface area contributed by atoms with Crippen LogP contribution < -0.4 is 9.47 Å². The lowest BCUT2D eigenvalue weighted by Gasteiger charge is -2.38. The summed E-state index contributed by atoms with van der Waals surface area (Å²) < 4.78 is 22.8. The summed E-state index contributed by atoms with van der Waals surface area (Å²) in [6.07, 6.45) is 1.04. The zero-order valence-corrected chi connectivity index (χ0v) is 20.2. The Kier molecular flexibility index (Phi) is 10.7. The highest BCUT2D eigenvalue weighted by Crippen LogP contribution is 2.28. The number of benzene rings is 2. The summed E-state index contributed by atoms with van der Waals surface area (Å²) in [5.74, 6) is 1.56. The number of ether oxygens (including phenoxy) is 2. The second-order valence-corrected chi connectivity index (χ2v) is 8.23. The molecule has 4 nitrogen and oxygen atoms in total. The van der Waals surface area contributed by atoms with Crippen LogP contribution in [0.5, 0.6) is 11.5 Å². The van der Waals surface area contributed by atoms with E-state index in [4.69, 9.17) is 9.47 Å². The molecule has 5 heteroatoms. The van der Waals surface area contributed by atoms with Gasteiger partial charge >= 0.3 is 0 Å². The highest BCUT2D eigenvalue weighted by molar-refractivity contribution is 5.85. The molecule has 2 unspecified atom stereocenters. The molecule has 31 heavy (non-hydrogen) atoms. The van der Waals surface area contributed by atoms with E-state index in [9.17, 15) is 9.18 Å². The van der Waals surface area contributed by atoms with Gasteiger partial charge in [0.15, 0.2) is 0 Å². The lowest BCUT2D eigenvalue weighted by Crippen LogP contribution is -2.47. The van der Waals surface area contributed by atoms with Crippen molar-refractivity contribution >= 4 is 5.78 Å². The van der Waals surface area contributed by atoms with Crippen LogP contribution in [0, 0.1) is 0 Å². The van der Waals surface area contributed by atoms with Crippen molar-refractivity contribution in [1.29, 1.82) is 0 Å². The number of carbonyl (C=O) groups is 1. The monoisotopic (exact) mass is 431 g/mol. The van der Waals surface area contributed by atoms with Gasteiger partial charge in [0.25, 0.3) is 0 Å². The summed E-state index contributed by atoms with van der Waals surface area (Å²) in [4.78, 5) is 13.7. The number of hydrogen-bond acceptors (Lipinski definition) is 4. The van der Waals surface area contributed by atoms with E-state index < -0.39 is 11.9 Å². The van der Waals surface area contributed by atoms with Gasteiger partial charge in [0.05, 0.1) is 12.6 Å². The summed E-state index contributed by atoms with van der Waals surface area (Å²) in [7, 11) is 3.62. The molecule has 0 fully saturated rings. The molecule has 0 saturated heterocycles. The van der Waals surface area contributed by atoms with Crippen LogP contribution >= 0.6 is 0 Å². The summed E-state index contributed by atoms with van der Waals surface area (Å²) in [5.41, 5.74) is 1.91. The largest absolute Gasteiger partial charge is 0.497 e. The number of halogens is 1. The minimum absolute atomic E-state index is 0.0748. The highest BCUT2D eigenvalue weighted by atomic mass is 19.1. The van der Waals surface area contributed by atoms with Crippen molar-refractivity contribution in [2.24, 2.45) is 0 Å². The Balaban J connectivity index is 0.000000367. The molecule has 0 spiro atoms. The summed E-state index contributed by atoms with van der Waals surface area (Å²) in [6.45, 7) is 11.0. The Morgan fingerprint density at radius 1 is 1.03 bits per heavy atom. The van der Waals surface area contributed by atoms with Crippen molar-refractivity contribution in [2.45, 2.75) is 72.3 Å². The molecule has 172 valence electrons. The first kappa shape index (κ1) is 26.6. The lowest BCUT2D eigenvalue weighted by atomic mass is 9.94. The van der Waals surface area contributed by atoms with E-state index in [1.54, 1.807) is 26.2 Å². The van der Waals surface area contributed by atoms with Crippen molar-refractivity contribution in [1.82, 2.24) is 4.90 Å². The van der Waals surface area contributed by atoms with Crippen LogP contribution in [-0.2, 0) is 11.2 Å². The number of hydrogen-bond donors (Lipinski definition) is 0. The van der Waals surface area contributed by atoms with Crippen LogP contribution in [0.3, 0.4) is 0 Å². The van der Waals surface area contributed by atoms with Gasteiger partial charge in [-0.2, -0.15) is 0 Å². The first-order valence-corrected chi connectivity index (χ1v) is 10.8. The molecule has 0 heterocycles. The first-order chi connectivity index (χ1) is 14.5. The number of carbonyl (C=O) groups excluding carboxylic acids is 1. The van der Waals surface area contributed by atoms with Gasteiger partial charge in [0.1, 0.15) is 17.3 Å². The number of alkyl halides is 1. The minimum Gasteiger partial charge on any atom is -0.497 e. The van der Waals surface area contributed by atoms with Gasteiger partial charge < -0.3 is 9.47 Å². The summed E-state index contributed by atoms with van der Waals surface area (Å²) >= 11 is 0. The highest BCUT2D eigenvalue weighted by Gasteiger charge is 2.32. The Morgan fingerprint density at radius 3 is 1.97 bits per heavy atom. The normalized spacial score (nSPS) is 13.1. The van der Waals surface area contributed by atoms with E-state index >= 15 is 0 Å². The minimum atomic E-state index is -1.32. The number of likely N-dealkylation sites (N-methyl/N-ethyl adjacent to an activating group) is 1. The molecule has 2 aromatic carbocycles. The van der Waals surface area contributed by atoms with E-state index in [1.807, 2.05) is 57.0 Å². The number of methoxy groups -OCH3 is 1. The van der Waals surface area contributed by atoms with E-state index in [0.29, 0.717) is 5.75 Å². The molecule has 0 saturated carbocycles. The third-order valence-corrected chi connectivity index (χ3v) is 5.68. The number of aryl methyl sites for hydroxylation is 1. The first-order valence-electron chi connectivity index (χ1n) is 10.8. The SMILES string of the molecule is CC(=O)C(C)(C)N(C)C(C)c1ccc(OC(C)F)cc1.CCCc1ccc(OC)cc1. The Bertz CT molecular complexity index is 785. The average Bonchev–Trinajstić information content (AvgIpc) is 2.74. The Labute approximate surface area is 187 Å². The topological polar surface area (TPSA) is 38.8 Å². The number of nitrogens with zero attached hydrogens (tertiary/aromatic N) is 1. The quantitative estimate of drug-likeness (QED) is 0.461. The van der Waals surface area contributed by atoms with Crippen LogP contribution in [-0.4, -0.2) is 36.7 Å². The lowest BCUT2D eigenvalue weighted by molar-refractivity contribution is -0.127. The van der Waals surface area contributed by atoms with E-state index in [1.165, 1.54) is 18.9 Å². The molecule has 2 rings (SSSR count). The zero-order chi connectivity index (χ0) is 23.6. The van der Waals surface area contributed by atoms with Gasteiger partial charge in [0.2, 0.25) is 6.36 Å². The second kappa shape index (κ2) is 12.5. The van der Waals surface area contributed by atoms with E-state index in [0.717, 1.165) is 17.7 Å². The fourth-order valence-electron chi connectivity index (χ4n) is 3.05. The molecule has 0 aliphatic carbocycles. The molecule has 0 bridgehead atoms. The maximum Gasteiger partial charge on any atom is 0.235 e. The van der Waals surface area contributed by atoms with Crippen molar-refractivity contribution < 1.29 is 18.7 Å². The zero-order valence-electron chi connectivity index (χ0n) is 20.2. The molecule has 0 amide bonds. The molecular weight excluding hydrogens is 393 g/mol. The van der Waals surface area contributed by atoms with Crippen molar-refractivity contribution in [2.75, 3.05) is 14.2 Å². The van der Waals surface area contributed by atoms with Crippen LogP contribution in [0.25, 0.3) is 0 Å². The van der Waals surface area contributed by atoms with Gasteiger partial charge in [-0.15, -0.1) is 0 Å². The van der Waals surface area contributed by atoms with Crippen LogP contribution in [0.15, 0.2) is 48.5 Å². The third-order valence-electron chi connectivity index (χ3n) is 5.68. The van der Waals surface area contributed by atoms with Crippen molar-refractivity contribution in [3.8, 4) is 11.5 Å². The molecule has 0 radical (unpaired) electrons. The molecule has 0 aliphatic rings. The standard InChI is InChI=1S/C16H24FNO2.C10H14O/c1-11(18(6)16(4,5)12(2)19)14-7-9-15(10-8-14)20-13(3)17;1-3-4-9-5-7-10(11-2)8-6-9/h7-11,13H,1-6H3;5-8H,3-4H2,1-2H3. The molecule has 2 aromatic rings. The molecule has 0 aliphatic heterocycles. The Hall–Kier alpha value is -2.40. The van der Waals surface area contributed by atoms with Crippen LogP contribution in [0.2, 0.25) is 0 Å². The molecule has 2 atom stereocenters. The number of ketones is 1. The van der Waals surface area contributed by atoms with Crippen molar-refractivity contribution in [3.63, 3.8) is 0 Å². The Morgan fingerprint density at radius 2 is 1.55 bits per heavy atom.